The Morgan fingerprint density at radius 1 is 1.24 bits per heavy atom. The van der Waals surface area contributed by atoms with Crippen molar-refractivity contribution in [2.24, 2.45) is 5.92 Å². The van der Waals surface area contributed by atoms with Gasteiger partial charge in [0.2, 0.25) is 5.91 Å². The molecule has 270 valence electrons. The number of alkyl carbamates (subject to hydrolysis) is 1. The van der Waals surface area contributed by atoms with Crippen LogP contribution in [0.4, 0.5) is 26.7 Å². The van der Waals surface area contributed by atoms with Gasteiger partial charge in [-0.3, -0.25) is 15.4 Å². The molecule has 3 amide bonds. The molecule has 15 heteroatoms. The molecule has 2 aromatic rings. The fourth-order valence-corrected chi connectivity index (χ4v) is 7.32. The number of benzene rings is 2. The van der Waals surface area contributed by atoms with Crippen LogP contribution in [0.3, 0.4) is 0 Å². The van der Waals surface area contributed by atoms with Gasteiger partial charge in [-0.1, -0.05) is 42.3 Å². The van der Waals surface area contributed by atoms with Crippen LogP contribution in [0.25, 0.3) is 0 Å². The van der Waals surface area contributed by atoms with Crippen LogP contribution < -0.4 is 26.0 Å². The third-order valence-electron chi connectivity index (χ3n) is 9.43. The lowest BCUT2D eigenvalue weighted by atomic mass is 9.83. The molecule has 50 heavy (non-hydrogen) atoms. The second kappa shape index (κ2) is 14.8. The predicted octanol–water partition coefficient (Wildman–Crippen LogP) is 5.72. The number of ether oxygens (including phenoxy) is 5. The van der Waals surface area contributed by atoms with E-state index in [0.717, 1.165) is 11.1 Å². The van der Waals surface area contributed by atoms with E-state index < -0.39 is 59.8 Å². The Hall–Kier alpha value is -3.82. The number of fused-ring (bicyclic) bond motifs is 5. The quantitative estimate of drug-likeness (QED) is 0.222. The number of hydrogen-bond donors (Lipinski definition) is 4. The van der Waals surface area contributed by atoms with Crippen LogP contribution in [-0.2, 0) is 30.2 Å². The van der Waals surface area contributed by atoms with Crippen LogP contribution in [0.2, 0.25) is 5.02 Å². The molecule has 4 bridgehead atoms. The minimum atomic E-state index is -1.81. The summed E-state index contributed by atoms with van der Waals surface area (Å²) >= 11 is 10.1. The van der Waals surface area contributed by atoms with Gasteiger partial charge < -0.3 is 39.4 Å². The van der Waals surface area contributed by atoms with Gasteiger partial charge in [0.1, 0.15) is 34.7 Å². The lowest BCUT2D eigenvalue weighted by Crippen LogP contribution is -2.63. The smallest absolute Gasteiger partial charge is 0.412 e. The number of epoxide rings is 1. The highest BCUT2D eigenvalue weighted by molar-refractivity contribution is 9.10. The number of nitrogens with zero attached hydrogens (tertiary/aromatic N) is 1. The number of anilines is 3. The number of carbonyl (C=O) groups excluding carboxylic acids is 3. The summed E-state index contributed by atoms with van der Waals surface area (Å²) in [6, 6.07) is 8.46. The Kier molecular flexibility index (Phi) is 11.1. The van der Waals surface area contributed by atoms with Crippen molar-refractivity contribution in [3.05, 3.63) is 69.2 Å². The van der Waals surface area contributed by atoms with Gasteiger partial charge in [-0.2, -0.15) is 0 Å². The van der Waals surface area contributed by atoms with E-state index in [1.807, 2.05) is 13.0 Å². The molecular formula is C35H42BrClN4O9. The molecule has 2 saturated heterocycles. The molecule has 0 aliphatic carbocycles. The summed E-state index contributed by atoms with van der Waals surface area (Å²) in [5.41, 5.74) is 5.90. The number of allylic oxidation sites excluding steroid dienone is 3. The van der Waals surface area contributed by atoms with Crippen molar-refractivity contribution >= 4 is 62.7 Å². The molecule has 13 nitrogen and oxygen atoms in total. The van der Waals surface area contributed by atoms with Crippen molar-refractivity contribution in [3.63, 3.8) is 0 Å². The first-order valence-corrected chi connectivity index (χ1v) is 17.2. The van der Waals surface area contributed by atoms with Crippen LogP contribution in [0.15, 0.2) is 58.6 Å². The van der Waals surface area contributed by atoms with E-state index in [-0.39, 0.29) is 17.9 Å². The van der Waals surface area contributed by atoms with Gasteiger partial charge in [0, 0.05) is 36.7 Å². The van der Waals surface area contributed by atoms with Gasteiger partial charge in [-0.25, -0.2) is 9.59 Å². The summed E-state index contributed by atoms with van der Waals surface area (Å²) in [5.74, 6) is -0.545. The first kappa shape index (κ1) is 37.4. The normalized spacial score (nSPS) is 31.7. The van der Waals surface area contributed by atoms with Crippen molar-refractivity contribution in [1.29, 1.82) is 0 Å². The second-order valence-corrected chi connectivity index (χ2v) is 14.3. The van der Waals surface area contributed by atoms with Crippen LogP contribution in [0, 0.1) is 5.92 Å². The van der Waals surface area contributed by atoms with E-state index >= 15 is 0 Å². The zero-order valence-corrected chi connectivity index (χ0v) is 31.0. The SMILES string of the molecule is COc1cc2cc(c1Cl)N(C)C(=O)C[C@H](OC(=O)Nc1ccc(N)cc1Br)[C@]1(C)O[C@H]1[C@H](C)[C@@H]1C[C@@](O)(NC(=O)O1)[C@H](OC)/C=C/C=C(\C)C2. The molecule has 3 aliphatic heterocycles. The Bertz CT molecular complexity index is 1720. The molecule has 7 atom stereocenters. The fourth-order valence-electron chi connectivity index (χ4n) is 6.51. The van der Waals surface area contributed by atoms with E-state index in [2.05, 4.69) is 26.6 Å². The molecular weight excluding hydrogens is 736 g/mol. The number of aliphatic hydroxyl groups is 1. The number of rotatable bonds is 4. The lowest BCUT2D eigenvalue weighted by molar-refractivity contribution is -0.142. The highest BCUT2D eigenvalue weighted by Crippen LogP contribution is 2.49. The number of halogens is 2. The van der Waals surface area contributed by atoms with E-state index in [0.29, 0.717) is 33.7 Å². The molecule has 0 unspecified atom stereocenters. The summed E-state index contributed by atoms with van der Waals surface area (Å²) in [4.78, 5) is 41.6. The third-order valence-corrected chi connectivity index (χ3v) is 10.5. The van der Waals surface area contributed by atoms with Crippen molar-refractivity contribution < 1.29 is 43.2 Å². The van der Waals surface area contributed by atoms with Crippen molar-refractivity contribution in [2.45, 2.75) is 75.8 Å². The van der Waals surface area contributed by atoms with Crippen molar-refractivity contribution in [2.75, 3.05) is 37.2 Å². The van der Waals surface area contributed by atoms with E-state index in [9.17, 15) is 19.5 Å². The highest BCUT2D eigenvalue weighted by Gasteiger charge is 2.64. The number of nitrogens with one attached hydrogen (secondary N) is 2. The topological polar surface area (TPSA) is 174 Å². The maximum absolute atomic E-state index is 14.0. The predicted molar refractivity (Wildman–Crippen MR) is 191 cm³/mol. The average molecular weight is 778 g/mol. The summed E-state index contributed by atoms with van der Waals surface area (Å²) in [6.07, 6.45) is 0.247. The summed E-state index contributed by atoms with van der Waals surface area (Å²) in [5, 5.41) is 17.1. The number of nitrogens with two attached hydrogens (primary N) is 1. The van der Waals surface area contributed by atoms with Crippen LogP contribution in [0.5, 0.6) is 5.75 Å². The minimum Gasteiger partial charge on any atom is -0.495 e. The number of nitrogen functional groups attached to an aromatic ring is 1. The monoisotopic (exact) mass is 776 g/mol. The number of amides is 3. The largest absolute Gasteiger partial charge is 0.495 e. The molecule has 5 rings (SSSR count). The van der Waals surface area contributed by atoms with E-state index in [1.54, 1.807) is 63.4 Å². The van der Waals surface area contributed by atoms with E-state index in [1.165, 1.54) is 19.1 Å². The van der Waals surface area contributed by atoms with Gasteiger partial charge in [0.15, 0.2) is 5.72 Å². The molecule has 0 aromatic heterocycles. The maximum Gasteiger partial charge on any atom is 0.412 e. The van der Waals surface area contributed by atoms with Crippen LogP contribution >= 0.6 is 27.5 Å². The van der Waals surface area contributed by atoms with Gasteiger partial charge in [-0.05, 0) is 72.1 Å². The molecule has 3 aliphatic rings. The van der Waals surface area contributed by atoms with Gasteiger partial charge in [0.05, 0.1) is 31.0 Å². The van der Waals surface area contributed by atoms with Gasteiger partial charge in [-0.15, -0.1) is 0 Å². The molecule has 0 spiro atoms. The number of hydrogen-bond acceptors (Lipinski definition) is 10. The summed E-state index contributed by atoms with van der Waals surface area (Å²) in [7, 11) is 4.51. The van der Waals surface area contributed by atoms with Gasteiger partial charge in [0.25, 0.3) is 0 Å². The van der Waals surface area contributed by atoms with Crippen molar-refractivity contribution in [1.82, 2.24) is 5.32 Å². The summed E-state index contributed by atoms with van der Waals surface area (Å²) in [6.45, 7) is 5.46. The molecule has 0 radical (unpaired) electrons. The molecule has 5 N–H and O–H groups in total. The fraction of sp³-hybridized carbons (Fsp3) is 0.457. The Labute approximate surface area is 304 Å². The van der Waals surface area contributed by atoms with Crippen LogP contribution in [0.1, 0.15) is 39.2 Å². The zero-order valence-electron chi connectivity index (χ0n) is 28.6. The Morgan fingerprint density at radius 3 is 2.66 bits per heavy atom. The van der Waals surface area contributed by atoms with E-state index in [4.69, 9.17) is 41.0 Å². The first-order chi connectivity index (χ1) is 23.6. The minimum absolute atomic E-state index is 0.0373. The number of methoxy groups -OCH3 is 2. The average Bonchev–Trinajstić information content (AvgIpc) is 3.75. The first-order valence-electron chi connectivity index (χ1n) is 16.0. The Morgan fingerprint density at radius 2 is 1.98 bits per heavy atom. The Balaban J connectivity index is 1.54. The van der Waals surface area contributed by atoms with Crippen molar-refractivity contribution in [3.8, 4) is 5.75 Å². The number of carbonyl (C=O) groups is 3. The molecule has 0 saturated carbocycles. The third kappa shape index (κ3) is 7.89. The molecule has 2 fully saturated rings. The molecule has 2 aromatic carbocycles. The maximum atomic E-state index is 14.0. The van der Waals surface area contributed by atoms with Gasteiger partial charge >= 0.3 is 12.2 Å². The lowest BCUT2D eigenvalue weighted by Gasteiger charge is -2.42. The summed E-state index contributed by atoms with van der Waals surface area (Å²) < 4.78 is 29.5. The highest BCUT2D eigenvalue weighted by atomic mass is 79.9. The molecule has 3 heterocycles. The van der Waals surface area contributed by atoms with Crippen LogP contribution in [-0.4, -0.2) is 80.2 Å². The standard InChI is InChI=1S/C35H42BrClN4O9/c1-18-8-7-9-27(47-6)35(45)17-26(48-33(44)40-35)19(2)31-34(3,50-31)28(49-32(43)39-23-11-10-21(38)15-22(23)36)16-29(42)41(4)24-13-20(12-18)14-25(46-5)30(24)37/h7-11,13-15,19,26-28,31,45H,12,16-17,38H2,1-6H3,(H,39,43)(H,40,44)/b9-7+,18-8+/t19-,26+,27-,28+,31+,34+,35+/m1/s1. The second-order valence-electron chi connectivity index (χ2n) is 13.1. The zero-order chi connectivity index (χ0) is 36.5.